The lowest BCUT2D eigenvalue weighted by Crippen LogP contribution is -2.45. The Kier molecular flexibility index (Phi) is 5.93. The number of nitrogens with zero attached hydrogens (tertiary/aromatic N) is 5. The molecule has 0 bridgehead atoms. The molecule has 1 aliphatic rings. The number of aromatic nitrogens is 3. The number of carbonyl (C=O) groups excluding carboxylic acids is 1. The number of carbonyl (C=O) groups is 1. The second-order valence-electron chi connectivity index (χ2n) is 7.17. The van der Waals surface area contributed by atoms with E-state index in [9.17, 15) is 4.79 Å². The molecule has 1 atom stereocenters. The van der Waals surface area contributed by atoms with Crippen molar-refractivity contribution in [3.05, 3.63) is 42.0 Å². The van der Waals surface area contributed by atoms with Gasteiger partial charge in [0.2, 0.25) is 0 Å². The first-order valence-electron chi connectivity index (χ1n) is 9.26. The molecule has 1 saturated heterocycles. The van der Waals surface area contributed by atoms with Crippen LogP contribution in [0.4, 0.5) is 0 Å². The van der Waals surface area contributed by atoms with Gasteiger partial charge in [-0.15, -0.1) is 0 Å². The molecule has 6 nitrogen and oxygen atoms in total. The molecule has 1 fully saturated rings. The summed E-state index contributed by atoms with van der Waals surface area (Å²) in [4.78, 5) is 30.4. The van der Waals surface area contributed by atoms with Crippen LogP contribution in [0.15, 0.2) is 30.7 Å². The van der Waals surface area contributed by atoms with Gasteiger partial charge in [0.15, 0.2) is 5.82 Å². The molecule has 138 valence electrons. The Morgan fingerprint density at radius 1 is 1.31 bits per heavy atom. The third-order valence-corrected chi connectivity index (χ3v) is 4.93. The molecule has 0 aromatic carbocycles. The van der Waals surface area contributed by atoms with Crippen molar-refractivity contribution in [2.45, 2.75) is 38.6 Å². The molecule has 0 aliphatic carbocycles. The zero-order valence-corrected chi connectivity index (χ0v) is 15.9. The summed E-state index contributed by atoms with van der Waals surface area (Å²) in [7, 11) is 4.15. The highest BCUT2D eigenvalue weighted by molar-refractivity contribution is 5.95. The molecule has 0 N–H and O–H groups in total. The van der Waals surface area contributed by atoms with Crippen LogP contribution in [0.5, 0.6) is 0 Å². The zero-order chi connectivity index (χ0) is 18.5. The van der Waals surface area contributed by atoms with E-state index in [0.29, 0.717) is 17.4 Å². The molecule has 26 heavy (non-hydrogen) atoms. The highest BCUT2D eigenvalue weighted by Crippen LogP contribution is 2.23. The van der Waals surface area contributed by atoms with Crippen molar-refractivity contribution in [1.82, 2.24) is 24.8 Å². The van der Waals surface area contributed by atoms with Crippen LogP contribution in [-0.4, -0.2) is 63.9 Å². The van der Waals surface area contributed by atoms with Gasteiger partial charge in [-0.2, -0.15) is 0 Å². The molecular formula is C20H27N5O. The molecular weight excluding hydrogens is 326 g/mol. The molecule has 6 heteroatoms. The summed E-state index contributed by atoms with van der Waals surface area (Å²) in [5, 5.41) is 0. The largest absolute Gasteiger partial charge is 0.336 e. The van der Waals surface area contributed by atoms with Crippen molar-refractivity contribution in [3.63, 3.8) is 0 Å². The smallest absolute Gasteiger partial charge is 0.257 e. The van der Waals surface area contributed by atoms with E-state index in [1.807, 2.05) is 24.0 Å². The first-order valence-corrected chi connectivity index (χ1v) is 9.26. The molecule has 0 spiro atoms. The predicted octanol–water partition coefficient (Wildman–Crippen LogP) is 2.79. The Morgan fingerprint density at radius 3 is 2.85 bits per heavy atom. The molecule has 3 rings (SSSR count). The topological polar surface area (TPSA) is 62.2 Å². The van der Waals surface area contributed by atoms with E-state index in [1.54, 1.807) is 18.6 Å². The summed E-state index contributed by atoms with van der Waals surface area (Å²) < 4.78 is 0. The van der Waals surface area contributed by atoms with Crippen molar-refractivity contribution in [3.8, 4) is 11.4 Å². The van der Waals surface area contributed by atoms with E-state index >= 15 is 0 Å². The van der Waals surface area contributed by atoms with Gasteiger partial charge in [0, 0.05) is 36.7 Å². The lowest BCUT2D eigenvalue weighted by molar-refractivity contribution is 0.0589. The maximum absolute atomic E-state index is 13.1. The number of pyridine rings is 1. The number of amides is 1. The molecule has 0 radical (unpaired) electrons. The van der Waals surface area contributed by atoms with Crippen LogP contribution in [0.25, 0.3) is 11.4 Å². The van der Waals surface area contributed by atoms with Gasteiger partial charge in [-0.1, -0.05) is 0 Å². The van der Waals surface area contributed by atoms with Crippen molar-refractivity contribution in [1.29, 1.82) is 0 Å². The minimum Gasteiger partial charge on any atom is -0.336 e. The Hall–Kier alpha value is -2.34. The van der Waals surface area contributed by atoms with E-state index in [2.05, 4.69) is 33.9 Å². The van der Waals surface area contributed by atoms with E-state index in [1.165, 1.54) is 6.42 Å². The van der Waals surface area contributed by atoms with Gasteiger partial charge in [-0.25, -0.2) is 9.97 Å². The van der Waals surface area contributed by atoms with Gasteiger partial charge in [0.1, 0.15) is 0 Å². The number of hydrogen-bond acceptors (Lipinski definition) is 5. The summed E-state index contributed by atoms with van der Waals surface area (Å²) in [5.41, 5.74) is 2.19. The number of hydrogen-bond donors (Lipinski definition) is 0. The molecule has 3 heterocycles. The lowest BCUT2D eigenvalue weighted by Gasteiger charge is -2.36. The van der Waals surface area contributed by atoms with Gasteiger partial charge >= 0.3 is 0 Å². The average Bonchev–Trinajstić information content (AvgIpc) is 2.66. The van der Waals surface area contributed by atoms with Gasteiger partial charge in [-0.05, 0) is 65.4 Å². The lowest BCUT2D eigenvalue weighted by atomic mass is 9.98. The fourth-order valence-electron chi connectivity index (χ4n) is 3.44. The Morgan fingerprint density at radius 2 is 2.15 bits per heavy atom. The first-order chi connectivity index (χ1) is 12.6. The molecule has 1 amide bonds. The second-order valence-corrected chi connectivity index (χ2v) is 7.17. The Labute approximate surface area is 155 Å². The van der Waals surface area contributed by atoms with E-state index < -0.39 is 0 Å². The van der Waals surface area contributed by atoms with Crippen LogP contribution in [0.3, 0.4) is 0 Å². The first kappa shape index (κ1) is 18.5. The second kappa shape index (κ2) is 8.36. The molecule has 2 aromatic rings. The van der Waals surface area contributed by atoms with E-state index in [0.717, 1.165) is 43.6 Å². The van der Waals surface area contributed by atoms with Crippen LogP contribution in [0, 0.1) is 6.92 Å². The number of piperidine rings is 1. The SMILES string of the molecule is Cc1nc(-c2cccnc2)ncc1C(=O)N1CCCC[C@H]1CCN(C)C. The van der Waals surface area contributed by atoms with Gasteiger partial charge in [-0.3, -0.25) is 9.78 Å². The summed E-state index contributed by atoms with van der Waals surface area (Å²) in [6.45, 7) is 3.69. The summed E-state index contributed by atoms with van der Waals surface area (Å²) in [5.74, 6) is 0.665. The fourth-order valence-corrected chi connectivity index (χ4v) is 3.44. The van der Waals surface area contributed by atoms with Crippen molar-refractivity contribution in [2.75, 3.05) is 27.2 Å². The third-order valence-electron chi connectivity index (χ3n) is 4.93. The highest BCUT2D eigenvalue weighted by Gasteiger charge is 2.28. The third kappa shape index (κ3) is 4.25. The van der Waals surface area contributed by atoms with Gasteiger partial charge in [0.25, 0.3) is 5.91 Å². The molecule has 0 saturated carbocycles. The van der Waals surface area contributed by atoms with Gasteiger partial charge < -0.3 is 9.80 Å². The predicted molar refractivity (Wildman–Crippen MR) is 102 cm³/mol. The molecule has 2 aromatic heterocycles. The van der Waals surface area contributed by atoms with Crippen LogP contribution < -0.4 is 0 Å². The summed E-state index contributed by atoms with van der Waals surface area (Å²) >= 11 is 0. The Bertz CT molecular complexity index is 747. The van der Waals surface area contributed by atoms with Crippen LogP contribution in [0.1, 0.15) is 41.7 Å². The Balaban J connectivity index is 1.79. The minimum atomic E-state index is 0.0590. The van der Waals surface area contributed by atoms with Gasteiger partial charge in [0.05, 0.1) is 11.3 Å². The van der Waals surface area contributed by atoms with Crippen LogP contribution in [0.2, 0.25) is 0 Å². The standard InChI is InChI=1S/C20H27N5O/c1-15-18(14-22-19(23-15)16-7-6-10-21-13-16)20(26)25-11-5-4-8-17(25)9-12-24(2)3/h6-7,10,13-14,17H,4-5,8-9,11-12H2,1-3H3/t17-/m0/s1. The molecule has 0 unspecified atom stereocenters. The number of rotatable bonds is 5. The van der Waals surface area contributed by atoms with E-state index in [4.69, 9.17) is 0 Å². The highest BCUT2D eigenvalue weighted by atomic mass is 16.2. The normalized spacial score (nSPS) is 17.5. The quantitative estimate of drug-likeness (QED) is 0.827. The van der Waals surface area contributed by atoms with E-state index in [-0.39, 0.29) is 5.91 Å². The number of likely N-dealkylation sites (tertiary alicyclic amines) is 1. The van der Waals surface area contributed by atoms with Crippen molar-refractivity contribution in [2.24, 2.45) is 0 Å². The average molecular weight is 353 g/mol. The maximum Gasteiger partial charge on any atom is 0.257 e. The fraction of sp³-hybridized carbons (Fsp3) is 0.500. The van der Waals surface area contributed by atoms with Crippen LogP contribution >= 0.6 is 0 Å². The monoisotopic (exact) mass is 353 g/mol. The van der Waals surface area contributed by atoms with Crippen molar-refractivity contribution >= 4 is 5.91 Å². The number of aryl methyl sites for hydroxylation is 1. The zero-order valence-electron chi connectivity index (χ0n) is 15.9. The van der Waals surface area contributed by atoms with Crippen molar-refractivity contribution < 1.29 is 4.79 Å². The molecule has 1 aliphatic heterocycles. The summed E-state index contributed by atoms with van der Waals surface area (Å²) in [6.07, 6.45) is 9.47. The summed E-state index contributed by atoms with van der Waals surface area (Å²) in [6, 6.07) is 4.08. The van der Waals surface area contributed by atoms with Crippen LogP contribution in [-0.2, 0) is 0 Å². The minimum absolute atomic E-state index is 0.0590. The maximum atomic E-state index is 13.1.